The van der Waals surface area contributed by atoms with Crippen molar-refractivity contribution >= 4 is 6.79 Å². The molecule has 0 saturated carbocycles. The summed E-state index contributed by atoms with van der Waals surface area (Å²) < 4.78 is 5.76. The average Bonchev–Trinajstić information content (AvgIpc) is 2.69. The summed E-state index contributed by atoms with van der Waals surface area (Å²) in [5, 5.41) is 19.0. The van der Waals surface area contributed by atoms with E-state index in [2.05, 4.69) is 24.4 Å². The first-order chi connectivity index (χ1) is 12.4. The van der Waals surface area contributed by atoms with Crippen molar-refractivity contribution in [3.05, 3.63) is 29.8 Å². The molecule has 0 aromatic heterocycles. The smallest absolute Gasteiger partial charge is 0.119 e. The van der Waals surface area contributed by atoms with Gasteiger partial charge in [0.2, 0.25) is 0 Å². The molecule has 0 unspecified atom stereocenters. The van der Waals surface area contributed by atoms with Crippen molar-refractivity contribution in [3.63, 3.8) is 0 Å². The molecule has 1 aromatic rings. The van der Waals surface area contributed by atoms with Crippen molar-refractivity contribution in [2.45, 2.75) is 58.4 Å². The van der Waals surface area contributed by atoms with Gasteiger partial charge in [0.15, 0.2) is 0 Å². The molecule has 25 heavy (non-hydrogen) atoms. The Bertz CT molecular complexity index is 357. The van der Waals surface area contributed by atoms with Gasteiger partial charge in [-0.15, -0.1) is 0 Å². The number of aliphatic hydroxyl groups is 2. The lowest BCUT2D eigenvalue weighted by molar-refractivity contribution is -0.0979. The molecule has 0 heterocycles. The van der Waals surface area contributed by atoms with Crippen LogP contribution in [-0.4, -0.2) is 43.9 Å². The van der Waals surface area contributed by atoms with Crippen LogP contribution in [0.3, 0.4) is 0 Å². The second-order valence-electron chi connectivity index (χ2n) is 5.51. The zero-order valence-corrected chi connectivity index (χ0v) is 16.0. The molecule has 0 fully saturated rings. The largest absolute Gasteiger partial charge is 0.494 e. The maximum absolute atomic E-state index is 8.71. The zero-order valence-electron chi connectivity index (χ0n) is 16.0. The Kier molecular flexibility index (Phi) is 23.3. The van der Waals surface area contributed by atoms with E-state index in [0.717, 1.165) is 45.4 Å². The monoisotopic (exact) mass is 355 g/mol. The van der Waals surface area contributed by atoms with Crippen LogP contribution in [0, 0.1) is 0 Å². The minimum absolute atomic E-state index is 0.248. The van der Waals surface area contributed by atoms with Crippen molar-refractivity contribution < 1.29 is 19.7 Å². The first-order valence-electron chi connectivity index (χ1n) is 9.13. The number of carbonyl (C=O) groups is 1. The highest BCUT2D eigenvalue weighted by Gasteiger charge is 1.96. The molecular formula is C20H37NO4. The predicted molar refractivity (Wildman–Crippen MR) is 104 cm³/mol. The van der Waals surface area contributed by atoms with Crippen molar-refractivity contribution in [2.75, 3.05) is 26.9 Å². The van der Waals surface area contributed by atoms with E-state index < -0.39 is 0 Å². The van der Waals surface area contributed by atoms with Crippen LogP contribution in [0.2, 0.25) is 0 Å². The van der Waals surface area contributed by atoms with Crippen LogP contribution in [0.1, 0.15) is 57.4 Å². The van der Waals surface area contributed by atoms with Crippen LogP contribution in [0.4, 0.5) is 0 Å². The molecule has 0 aliphatic rings. The van der Waals surface area contributed by atoms with Crippen LogP contribution >= 0.6 is 0 Å². The third kappa shape index (κ3) is 17.2. The summed E-state index contributed by atoms with van der Waals surface area (Å²) in [5.74, 6) is 0.961. The molecule has 3 N–H and O–H groups in total. The molecule has 1 rings (SSSR count). The predicted octanol–water partition coefficient (Wildman–Crippen LogP) is 3.32. The Labute approximate surface area is 153 Å². The van der Waals surface area contributed by atoms with Crippen LogP contribution in [0.25, 0.3) is 0 Å². The van der Waals surface area contributed by atoms with E-state index >= 15 is 0 Å². The summed E-state index contributed by atoms with van der Waals surface area (Å²) in [4.78, 5) is 8.00. The number of nitrogens with one attached hydrogen (secondary N) is 1. The summed E-state index contributed by atoms with van der Waals surface area (Å²) in [5.41, 5.74) is 1.25. The molecule has 0 aliphatic carbocycles. The van der Waals surface area contributed by atoms with Gasteiger partial charge >= 0.3 is 0 Å². The van der Waals surface area contributed by atoms with Crippen LogP contribution < -0.4 is 10.1 Å². The second kappa shape index (κ2) is 22.6. The van der Waals surface area contributed by atoms with E-state index in [0.29, 0.717) is 0 Å². The molecule has 0 bridgehead atoms. The van der Waals surface area contributed by atoms with Crippen molar-refractivity contribution in [1.82, 2.24) is 5.32 Å². The molecule has 0 radical (unpaired) electrons. The fourth-order valence-electron chi connectivity index (χ4n) is 2.21. The first-order valence-corrected chi connectivity index (χ1v) is 9.13. The lowest BCUT2D eigenvalue weighted by Crippen LogP contribution is -2.15. The van der Waals surface area contributed by atoms with Crippen LogP contribution in [-0.2, 0) is 11.3 Å². The number of rotatable bonds is 13. The van der Waals surface area contributed by atoms with Crippen molar-refractivity contribution in [3.8, 4) is 5.75 Å². The first kappa shape index (κ1) is 25.8. The normalized spacial score (nSPS) is 9.44. The molecule has 0 aliphatic heterocycles. The molecule has 5 heteroatoms. The summed E-state index contributed by atoms with van der Waals surface area (Å²) in [6.07, 6.45) is 8.57. The average molecular weight is 356 g/mol. The number of unbranched alkanes of at least 4 members (excludes halogenated alkanes) is 5. The second-order valence-corrected chi connectivity index (χ2v) is 5.51. The lowest BCUT2D eigenvalue weighted by atomic mass is 10.1. The highest BCUT2D eigenvalue weighted by atomic mass is 16.5. The van der Waals surface area contributed by atoms with E-state index in [-0.39, 0.29) is 6.61 Å². The molecule has 1 aromatic carbocycles. The Balaban J connectivity index is 0. The van der Waals surface area contributed by atoms with Gasteiger partial charge in [0, 0.05) is 20.3 Å². The van der Waals surface area contributed by atoms with E-state index in [1.807, 2.05) is 18.9 Å². The molecule has 146 valence electrons. The Hall–Kier alpha value is -1.43. The van der Waals surface area contributed by atoms with Gasteiger partial charge in [0.25, 0.3) is 0 Å². The molecule has 0 atom stereocenters. The molecule has 5 nitrogen and oxygen atoms in total. The van der Waals surface area contributed by atoms with Gasteiger partial charge in [-0.3, -0.25) is 0 Å². The van der Waals surface area contributed by atoms with E-state index in [9.17, 15) is 0 Å². The highest BCUT2D eigenvalue weighted by molar-refractivity contribution is 5.27. The summed E-state index contributed by atoms with van der Waals surface area (Å²) in [6.45, 7) is 7.01. The lowest BCUT2D eigenvalue weighted by Gasteiger charge is -2.08. The Morgan fingerprint density at radius 2 is 1.56 bits per heavy atom. The third-order valence-electron chi connectivity index (χ3n) is 3.53. The maximum Gasteiger partial charge on any atom is 0.119 e. The standard InChI is InChI=1S/C18H31NO2.CH4O.CH2O/c1-2-3-4-5-6-7-15-21-18-11-9-17(10-12-18)16-19-13-8-14-20;2*1-2/h9-12,19-20H,2-8,13-16H2,1H3;2H,1H3;1H2. The summed E-state index contributed by atoms with van der Waals surface area (Å²) >= 11 is 0. The van der Waals surface area contributed by atoms with E-state index in [4.69, 9.17) is 19.7 Å². The number of aliphatic hydroxyl groups excluding tert-OH is 2. The highest BCUT2D eigenvalue weighted by Crippen LogP contribution is 2.13. The number of benzene rings is 1. The molecule has 0 spiro atoms. The van der Waals surface area contributed by atoms with Gasteiger partial charge in [0.05, 0.1) is 6.61 Å². The minimum atomic E-state index is 0.248. The third-order valence-corrected chi connectivity index (χ3v) is 3.53. The van der Waals surface area contributed by atoms with Gasteiger partial charge in [0.1, 0.15) is 12.5 Å². The zero-order chi connectivity index (χ0) is 19.2. The molecule has 0 saturated heterocycles. The van der Waals surface area contributed by atoms with Crippen molar-refractivity contribution in [1.29, 1.82) is 0 Å². The molecule has 0 amide bonds. The van der Waals surface area contributed by atoms with Gasteiger partial charge in [-0.25, -0.2) is 0 Å². The quantitative estimate of drug-likeness (QED) is 0.473. The van der Waals surface area contributed by atoms with Gasteiger partial charge < -0.3 is 25.1 Å². The summed E-state index contributed by atoms with van der Waals surface area (Å²) in [7, 11) is 1.00. The SMILES string of the molecule is C=O.CCCCCCCCOc1ccc(CNCCCO)cc1.CO. The molecular weight excluding hydrogens is 318 g/mol. The number of ether oxygens (including phenoxy) is 1. The topological polar surface area (TPSA) is 78.8 Å². The number of hydrogen-bond donors (Lipinski definition) is 3. The summed E-state index contributed by atoms with van der Waals surface area (Å²) in [6, 6.07) is 8.28. The van der Waals surface area contributed by atoms with Crippen LogP contribution in [0.15, 0.2) is 24.3 Å². The van der Waals surface area contributed by atoms with Crippen molar-refractivity contribution in [2.24, 2.45) is 0 Å². The fourth-order valence-corrected chi connectivity index (χ4v) is 2.21. The van der Waals surface area contributed by atoms with Gasteiger partial charge in [-0.05, 0) is 37.1 Å². The minimum Gasteiger partial charge on any atom is -0.494 e. The van der Waals surface area contributed by atoms with E-state index in [1.165, 1.54) is 37.7 Å². The van der Waals surface area contributed by atoms with Gasteiger partial charge in [-0.2, -0.15) is 0 Å². The van der Waals surface area contributed by atoms with Gasteiger partial charge in [-0.1, -0.05) is 51.2 Å². The maximum atomic E-state index is 8.71. The Morgan fingerprint density at radius 3 is 2.16 bits per heavy atom. The van der Waals surface area contributed by atoms with Crippen LogP contribution in [0.5, 0.6) is 5.75 Å². The number of carbonyl (C=O) groups excluding carboxylic acids is 1. The fraction of sp³-hybridized carbons (Fsp3) is 0.650. The Morgan fingerprint density at radius 1 is 0.960 bits per heavy atom. The van der Waals surface area contributed by atoms with E-state index in [1.54, 1.807) is 0 Å². The number of hydrogen-bond acceptors (Lipinski definition) is 5.